The lowest BCUT2D eigenvalue weighted by Crippen LogP contribution is -2.08. The smallest absolute Gasteiger partial charge is 0.239 e. The van der Waals surface area contributed by atoms with Gasteiger partial charge in [-0.2, -0.15) is 0 Å². The third-order valence-electron chi connectivity index (χ3n) is 2.25. The van der Waals surface area contributed by atoms with Gasteiger partial charge >= 0.3 is 0 Å². The second-order valence-electron chi connectivity index (χ2n) is 5.29. The van der Waals surface area contributed by atoms with Gasteiger partial charge in [0, 0.05) is 11.5 Å². The molecule has 1 aromatic carbocycles. The highest BCUT2D eigenvalue weighted by atomic mass is 32.2. The second kappa shape index (κ2) is 7.02. The molecule has 110 valence electrons. The van der Waals surface area contributed by atoms with Gasteiger partial charge in [-0.15, -0.1) is 6.42 Å². The summed E-state index contributed by atoms with van der Waals surface area (Å²) >= 11 is 0. The lowest BCUT2D eigenvalue weighted by Gasteiger charge is -2.09. The van der Waals surface area contributed by atoms with Crippen molar-refractivity contribution >= 4 is 9.84 Å². The Morgan fingerprint density at radius 2 is 1.90 bits per heavy atom. The normalized spacial score (nSPS) is 12.0. The molecule has 0 fully saturated rings. The standard InChI is InChI=1S/C17H18O3S/c1-5-14-20-16(12-9-13-17(2,3)4)21(18,19)15-10-7-6-8-11-15/h1,6-8,10-12H,14H2,2-4H3/b16-12+. The van der Waals surface area contributed by atoms with E-state index >= 15 is 0 Å². The van der Waals surface area contributed by atoms with Crippen molar-refractivity contribution in [1.82, 2.24) is 0 Å². The minimum absolute atomic E-state index is 0.130. The minimum atomic E-state index is -3.75. The zero-order valence-corrected chi connectivity index (χ0v) is 13.2. The van der Waals surface area contributed by atoms with E-state index in [4.69, 9.17) is 11.2 Å². The molecule has 0 radical (unpaired) electrons. The maximum atomic E-state index is 12.5. The van der Waals surface area contributed by atoms with Gasteiger partial charge in [0.25, 0.3) is 0 Å². The molecule has 3 nitrogen and oxygen atoms in total. The van der Waals surface area contributed by atoms with Gasteiger partial charge in [-0.3, -0.25) is 0 Å². The Morgan fingerprint density at radius 1 is 1.29 bits per heavy atom. The molecule has 0 aromatic heterocycles. The zero-order chi connectivity index (χ0) is 15.9. The van der Waals surface area contributed by atoms with Gasteiger partial charge in [0.2, 0.25) is 14.9 Å². The average Bonchev–Trinajstić information content (AvgIpc) is 2.42. The van der Waals surface area contributed by atoms with Crippen LogP contribution in [0.25, 0.3) is 0 Å². The molecule has 0 saturated heterocycles. The monoisotopic (exact) mass is 302 g/mol. The van der Waals surface area contributed by atoms with E-state index in [0.717, 1.165) is 0 Å². The molecule has 0 unspecified atom stereocenters. The van der Waals surface area contributed by atoms with Crippen LogP contribution in [0.3, 0.4) is 0 Å². The van der Waals surface area contributed by atoms with Crippen molar-refractivity contribution in [2.45, 2.75) is 25.7 Å². The molecule has 0 amide bonds. The molecule has 21 heavy (non-hydrogen) atoms. The largest absolute Gasteiger partial charge is 0.469 e. The topological polar surface area (TPSA) is 43.4 Å². The summed E-state index contributed by atoms with van der Waals surface area (Å²) in [6.07, 6.45) is 6.38. The highest BCUT2D eigenvalue weighted by Gasteiger charge is 2.21. The van der Waals surface area contributed by atoms with Gasteiger partial charge in [0.1, 0.15) is 6.61 Å². The van der Waals surface area contributed by atoms with Crippen molar-refractivity contribution in [3.8, 4) is 24.2 Å². The number of hydrogen-bond acceptors (Lipinski definition) is 3. The molecule has 0 heterocycles. The van der Waals surface area contributed by atoms with E-state index in [1.54, 1.807) is 18.2 Å². The summed E-state index contributed by atoms with van der Waals surface area (Å²) in [5.74, 6) is 7.91. The molecule has 0 N–H and O–H groups in total. The second-order valence-corrected chi connectivity index (χ2v) is 7.17. The lowest BCUT2D eigenvalue weighted by atomic mass is 9.98. The first kappa shape index (κ1) is 16.9. The maximum Gasteiger partial charge on any atom is 0.239 e. The highest BCUT2D eigenvalue weighted by molar-refractivity contribution is 7.95. The molecule has 0 aliphatic heterocycles. The quantitative estimate of drug-likeness (QED) is 0.634. The van der Waals surface area contributed by atoms with Crippen LogP contribution in [0.5, 0.6) is 0 Å². The number of sulfone groups is 1. The van der Waals surface area contributed by atoms with Crippen LogP contribution in [0.15, 0.2) is 46.4 Å². The van der Waals surface area contributed by atoms with Crippen molar-refractivity contribution < 1.29 is 13.2 Å². The Bertz CT molecular complexity index is 703. The molecule has 0 saturated carbocycles. The average molecular weight is 302 g/mol. The summed E-state index contributed by atoms with van der Waals surface area (Å²) in [5.41, 5.74) is -0.232. The molecule has 0 atom stereocenters. The molecular weight excluding hydrogens is 284 g/mol. The summed E-state index contributed by atoms with van der Waals surface area (Å²) in [6.45, 7) is 5.67. The Morgan fingerprint density at radius 3 is 2.43 bits per heavy atom. The fraction of sp³-hybridized carbons (Fsp3) is 0.294. The Hall–Kier alpha value is -2.17. The molecule has 0 bridgehead atoms. The molecule has 0 aliphatic carbocycles. The fourth-order valence-electron chi connectivity index (χ4n) is 1.34. The fourth-order valence-corrected chi connectivity index (χ4v) is 2.51. The van der Waals surface area contributed by atoms with Crippen LogP contribution in [-0.4, -0.2) is 15.0 Å². The Labute approximate surface area is 126 Å². The number of rotatable bonds is 4. The first-order valence-corrected chi connectivity index (χ1v) is 7.85. The van der Waals surface area contributed by atoms with Crippen LogP contribution in [0.4, 0.5) is 0 Å². The first-order valence-electron chi connectivity index (χ1n) is 6.36. The molecular formula is C17H18O3S. The van der Waals surface area contributed by atoms with Gasteiger partial charge in [-0.05, 0) is 32.9 Å². The molecule has 1 aromatic rings. The number of benzene rings is 1. The van der Waals surface area contributed by atoms with Gasteiger partial charge in [-0.1, -0.05) is 36.0 Å². The Balaban J connectivity index is 3.22. The third-order valence-corrected chi connectivity index (χ3v) is 3.91. The van der Waals surface area contributed by atoms with E-state index < -0.39 is 9.84 Å². The predicted octanol–water partition coefficient (Wildman–Crippen LogP) is 3.00. The van der Waals surface area contributed by atoms with Crippen LogP contribution in [-0.2, 0) is 14.6 Å². The van der Waals surface area contributed by atoms with Gasteiger partial charge in [0.05, 0.1) is 4.90 Å². The SMILES string of the molecule is C#CCO/C(=C\C#CC(C)(C)C)S(=O)(=O)c1ccccc1. The van der Waals surface area contributed by atoms with Crippen molar-refractivity contribution in [2.24, 2.45) is 5.41 Å². The highest BCUT2D eigenvalue weighted by Crippen LogP contribution is 2.19. The third kappa shape index (κ3) is 5.38. The van der Waals surface area contributed by atoms with Crippen LogP contribution in [0, 0.1) is 29.6 Å². The van der Waals surface area contributed by atoms with Crippen molar-refractivity contribution in [3.63, 3.8) is 0 Å². The van der Waals surface area contributed by atoms with Gasteiger partial charge < -0.3 is 4.74 Å². The van der Waals surface area contributed by atoms with Gasteiger partial charge in [0.15, 0.2) is 0 Å². The summed E-state index contributed by atoms with van der Waals surface area (Å²) in [7, 11) is -3.75. The minimum Gasteiger partial charge on any atom is -0.469 e. The van der Waals surface area contributed by atoms with Crippen LogP contribution in [0.2, 0.25) is 0 Å². The molecule has 1 rings (SSSR count). The summed E-state index contributed by atoms with van der Waals surface area (Å²) in [6, 6.07) is 8.03. The lowest BCUT2D eigenvalue weighted by molar-refractivity contribution is 0.278. The summed E-state index contributed by atoms with van der Waals surface area (Å²) in [5, 5.41) is -0.233. The number of allylic oxidation sites excluding steroid dienone is 1. The molecule has 0 aliphatic rings. The number of terminal acetylenes is 1. The molecule has 0 spiro atoms. The first-order chi connectivity index (χ1) is 9.77. The summed E-state index contributed by atoms with van der Waals surface area (Å²) in [4.78, 5) is 0.144. The van der Waals surface area contributed by atoms with Gasteiger partial charge in [-0.25, -0.2) is 8.42 Å². The van der Waals surface area contributed by atoms with E-state index in [1.165, 1.54) is 18.2 Å². The van der Waals surface area contributed by atoms with Crippen LogP contribution < -0.4 is 0 Å². The van der Waals surface area contributed by atoms with E-state index in [1.807, 2.05) is 20.8 Å². The van der Waals surface area contributed by atoms with E-state index in [-0.39, 0.29) is 22.0 Å². The van der Waals surface area contributed by atoms with E-state index in [0.29, 0.717) is 0 Å². The van der Waals surface area contributed by atoms with Crippen molar-refractivity contribution in [2.75, 3.05) is 6.61 Å². The summed E-state index contributed by atoms with van der Waals surface area (Å²) < 4.78 is 30.1. The zero-order valence-electron chi connectivity index (χ0n) is 12.4. The Kier molecular flexibility index (Phi) is 5.64. The van der Waals surface area contributed by atoms with Crippen molar-refractivity contribution in [3.05, 3.63) is 41.5 Å². The van der Waals surface area contributed by atoms with E-state index in [9.17, 15) is 8.42 Å². The predicted molar refractivity (Wildman–Crippen MR) is 83.7 cm³/mol. The molecule has 4 heteroatoms. The maximum absolute atomic E-state index is 12.5. The van der Waals surface area contributed by atoms with Crippen molar-refractivity contribution in [1.29, 1.82) is 0 Å². The van der Waals surface area contributed by atoms with E-state index in [2.05, 4.69) is 17.8 Å². The van der Waals surface area contributed by atoms with Crippen LogP contribution >= 0.6 is 0 Å². The van der Waals surface area contributed by atoms with Crippen LogP contribution in [0.1, 0.15) is 20.8 Å². The number of hydrogen-bond donors (Lipinski definition) is 0. The number of ether oxygens (including phenoxy) is 1.